The van der Waals surface area contributed by atoms with Crippen molar-refractivity contribution in [2.24, 2.45) is 11.7 Å². The predicted octanol–water partition coefficient (Wildman–Crippen LogP) is 2.72. The maximum atomic E-state index is 13.6. The van der Waals surface area contributed by atoms with Crippen molar-refractivity contribution in [3.63, 3.8) is 0 Å². The third-order valence-corrected chi connectivity index (χ3v) is 4.96. The fourth-order valence-electron chi connectivity index (χ4n) is 3.76. The molecule has 5 nitrogen and oxygen atoms in total. The van der Waals surface area contributed by atoms with E-state index in [0.717, 1.165) is 6.07 Å². The quantitative estimate of drug-likeness (QED) is 0.889. The van der Waals surface area contributed by atoms with Gasteiger partial charge in [-0.05, 0) is 57.2 Å². The number of likely N-dealkylation sites (tertiary alicyclic amines) is 1. The minimum absolute atomic E-state index is 0.0601. The molecule has 1 aliphatic carbocycles. The highest BCUT2D eigenvalue weighted by Gasteiger charge is 2.62. The molecule has 2 amide bonds. The first kappa shape index (κ1) is 17.6. The first-order chi connectivity index (χ1) is 11.5. The number of carbonyl (C=O) groups excluding carboxylic acids is 2. The molecular weight excluding hydrogens is 330 g/mol. The molecule has 1 heterocycles. The second-order valence-electron chi connectivity index (χ2n) is 7.98. The van der Waals surface area contributed by atoms with Gasteiger partial charge in [-0.1, -0.05) is 0 Å². The minimum atomic E-state index is -0.770. The summed E-state index contributed by atoms with van der Waals surface area (Å²) in [6, 6.07) is 2.63. The molecule has 1 aliphatic heterocycles. The van der Waals surface area contributed by atoms with Gasteiger partial charge in [-0.3, -0.25) is 9.69 Å². The fraction of sp³-hybridized carbons (Fsp3) is 0.556. The molecule has 2 N–H and O–H groups in total. The summed E-state index contributed by atoms with van der Waals surface area (Å²) in [5.41, 5.74) is 4.69. The zero-order chi connectivity index (χ0) is 18.6. The lowest BCUT2D eigenvalue weighted by molar-refractivity contribution is -0.124. The van der Waals surface area contributed by atoms with Crippen LogP contribution < -0.4 is 5.73 Å². The zero-order valence-electron chi connectivity index (χ0n) is 14.5. The monoisotopic (exact) mass is 352 g/mol. The molecule has 3 atom stereocenters. The van der Waals surface area contributed by atoms with Gasteiger partial charge < -0.3 is 10.5 Å². The number of benzene rings is 1. The SMILES string of the molecule is CC(C)(C)OC(=O)N1C[C@@]2(c3cc(F)cc(F)c3)C[C@H]2CC1C(N)=O. The van der Waals surface area contributed by atoms with Gasteiger partial charge in [0.05, 0.1) is 0 Å². The summed E-state index contributed by atoms with van der Waals surface area (Å²) in [4.78, 5) is 25.7. The highest BCUT2D eigenvalue weighted by Crippen LogP contribution is 2.60. The van der Waals surface area contributed by atoms with Crippen molar-refractivity contribution in [2.45, 2.75) is 50.7 Å². The lowest BCUT2D eigenvalue weighted by Crippen LogP contribution is -2.55. The fourth-order valence-corrected chi connectivity index (χ4v) is 3.76. The van der Waals surface area contributed by atoms with E-state index in [9.17, 15) is 18.4 Å². The Morgan fingerprint density at radius 3 is 2.36 bits per heavy atom. The van der Waals surface area contributed by atoms with Gasteiger partial charge in [-0.15, -0.1) is 0 Å². The van der Waals surface area contributed by atoms with Gasteiger partial charge >= 0.3 is 6.09 Å². The van der Waals surface area contributed by atoms with Crippen molar-refractivity contribution in [1.29, 1.82) is 0 Å². The van der Waals surface area contributed by atoms with E-state index in [2.05, 4.69) is 0 Å². The van der Waals surface area contributed by atoms with Crippen molar-refractivity contribution < 1.29 is 23.1 Å². The Hall–Kier alpha value is -2.18. The second-order valence-corrected chi connectivity index (χ2v) is 7.98. The predicted molar refractivity (Wildman–Crippen MR) is 86.7 cm³/mol. The van der Waals surface area contributed by atoms with Crippen LogP contribution in [0.25, 0.3) is 0 Å². The third-order valence-electron chi connectivity index (χ3n) is 4.96. The Morgan fingerprint density at radius 1 is 1.24 bits per heavy atom. The van der Waals surface area contributed by atoms with Gasteiger partial charge in [0, 0.05) is 18.0 Å². The van der Waals surface area contributed by atoms with Crippen LogP contribution in [0.4, 0.5) is 13.6 Å². The van der Waals surface area contributed by atoms with Gasteiger partial charge in [0.15, 0.2) is 0 Å². The summed E-state index contributed by atoms with van der Waals surface area (Å²) < 4.78 is 32.7. The number of nitrogens with zero attached hydrogens (tertiary/aromatic N) is 1. The smallest absolute Gasteiger partial charge is 0.411 e. The van der Waals surface area contributed by atoms with Crippen LogP contribution in [-0.2, 0) is 14.9 Å². The van der Waals surface area contributed by atoms with Gasteiger partial charge in [-0.2, -0.15) is 0 Å². The number of nitrogens with two attached hydrogens (primary N) is 1. The average molecular weight is 352 g/mol. The summed E-state index contributed by atoms with van der Waals surface area (Å²) in [6.45, 7) is 5.34. The van der Waals surface area contributed by atoms with Gasteiger partial charge in [0.2, 0.25) is 5.91 Å². The molecule has 2 fully saturated rings. The van der Waals surface area contributed by atoms with Crippen LogP contribution in [0.1, 0.15) is 39.2 Å². The molecule has 7 heteroatoms. The number of hydrogen-bond acceptors (Lipinski definition) is 3. The number of ether oxygens (including phenoxy) is 1. The van der Waals surface area contributed by atoms with E-state index in [1.165, 1.54) is 17.0 Å². The number of hydrogen-bond donors (Lipinski definition) is 1. The summed E-state index contributed by atoms with van der Waals surface area (Å²) in [7, 11) is 0. The number of piperidine rings is 1. The number of primary amides is 1. The van der Waals surface area contributed by atoms with E-state index < -0.39 is 40.7 Å². The molecule has 1 aromatic rings. The van der Waals surface area contributed by atoms with E-state index in [1.807, 2.05) is 0 Å². The molecule has 1 unspecified atom stereocenters. The number of rotatable bonds is 2. The van der Waals surface area contributed by atoms with Crippen molar-refractivity contribution >= 4 is 12.0 Å². The zero-order valence-corrected chi connectivity index (χ0v) is 14.5. The van der Waals surface area contributed by atoms with Crippen LogP contribution in [0.3, 0.4) is 0 Å². The molecule has 3 rings (SSSR count). The average Bonchev–Trinajstić information content (AvgIpc) is 3.17. The Kier molecular flexibility index (Phi) is 4.00. The highest BCUT2D eigenvalue weighted by molar-refractivity contribution is 5.85. The Labute approximate surface area is 145 Å². The molecule has 1 aromatic carbocycles. The first-order valence-electron chi connectivity index (χ1n) is 8.27. The minimum Gasteiger partial charge on any atom is -0.444 e. The summed E-state index contributed by atoms with van der Waals surface area (Å²) in [5, 5.41) is 0. The molecule has 136 valence electrons. The van der Waals surface area contributed by atoms with E-state index in [1.54, 1.807) is 20.8 Å². The Balaban J connectivity index is 1.91. The lowest BCUT2D eigenvalue weighted by Gasteiger charge is -2.38. The second kappa shape index (κ2) is 5.68. The first-order valence-corrected chi connectivity index (χ1v) is 8.27. The van der Waals surface area contributed by atoms with E-state index >= 15 is 0 Å². The lowest BCUT2D eigenvalue weighted by atomic mass is 9.86. The molecular formula is C18H22F2N2O3. The molecule has 25 heavy (non-hydrogen) atoms. The van der Waals surface area contributed by atoms with Crippen LogP contribution >= 0.6 is 0 Å². The Morgan fingerprint density at radius 2 is 1.84 bits per heavy atom. The number of fused-ring (bicyclic) bond motifs is 1. The number of amides is 2. The van der Waals surface area contributed by atoms with Crippen molar-refractivity contribution in [1.82, 2.24) is 4.90 Å². The maximum absolute atomic E-state index is 13.6. The number of halogens is 2. The Bertz CT molecular complexity index is 711. The highest BCUT2D eigenvalue weighted by atomic mass is 19.1. The molecule has 1 saturated heterocycles. The topological polar surface area (TPSA) is 72.6 Å². The van der Waals surface area contributed by atoms with Crippen molar-refractivity contribution in [3.05, 3.63) is 35.4 Å². The molecule has 0 radical (unpaired) electrons. The van der Waals surface area contributed by atoms with Crippen LogP contribution in [0.5, 0.6) is 0 Å². The normalized spacial score (nSPS) is 28.3. The van der Waals surface area contributed by atoms with Crippen LogP contribution in [-0.4, -0.2) is 35.1 Å². The molecule has 2 aliphatic rings. The third kappa shape index (κ3) is 3.32. The largest absolute Gasteiger partial charge is 0.444 e. The van der Waals surface area contributed by atoms with Gasteiger partial charge in [0.1, 0.15) is 23.3 Å². The van der Waals surface area contributed by atoms with Crippen LogP contribution in [0, 0.1) is 17.6 Å². The molecule has 0 bridgehead atoms. The summed E-state index contributed by atoms with van der Waals surface area (Å²) in [6.07, 6.45) is 0.379. The summed E-state index contributed by atoms with van der Waals surface area (Å²) >= 11 is 0. The molecule has 1 saturated carbocycles. The molecule has 0 spiro atoms. The van der Waals surface area contributed by atoms with Gasteiger partial charge in [0.25, 0.3) is 0 Å². The standard InChI is InChI=1S/C18H22F2N2O3/c1-17(2,3)25-16(24)22-9-18(8-11(18)6-14(22)15(21)23)10-4-12(19)7-13(20)5-10/h4-5,7,11,14H,6,8-9H2,1-3H3,(H2,21,23)/t11-,14?,18-/m1/s1. The van der Waals surface area contributed by atoms with Crippen molar-refractivity contribution in [3.8, 4) is 0 Å². The van der Waals surface area contributed by atoms with Crippen molar-refractivity contribution in [2.75, 3.05) is 6.54 Å². The number of carbonyl (C=O) groups is 2. The van der Waals surface area contributed by atoms with E-state index in [0.29, 0.717) is 18.4 Å². The summed E-state index contributed by atoms with van der Waals surface area (Å²) in [5.74, 6) is -1.85. The maximum Gasteiger partial charge on any atom is 0.411 e. The van der Waals surface area contributed by atoms with Crippen LogP contribution in [0.15, 0.2) is 18.2 Å². The van der Waals surface area contributed by atoms with Crippen LogP contribution in [0.2, 0.25) is 0 Å². The van der Waals surface area contributed by atoms with Gasteiger partial charge in [-0.25, -0.2) is 13.6 Å². The molecule has 0 aromatic heterocycles. The van der Waals surface area contributed by atoms with E-state index in [4.69, 9.17) is 10.5 Å². The van der Waals surface area contributed by atoms with E-state index in [-0.39, 0.29) is 12.5 Å².